The average Bonchev–Trinajstić information content (AvgIpc) is 2.90. The molecule has 0 aliphatic carbocycles. The fourth-order valence-corrected chi connectivity index (χ4v) is 3.67. The van der Waals surface area contributed by atoms with Crippen molar-refractivity contribution in [2.75, 3.05) is 25.0 Å². The highest BCUT2D eigenvalue weighted by atomic mass is 19.2. The number of carbonyl (C=O) groups excluding carboxylic acids is 3. The van der Waals surface area contributed by atoms with Crippen LogP contribution in [0.5, 0.6) is 5.75 Å². The first-order chi connectivity index (χ1) is 18.9. The molecule has 0 aliphatic heterocycles. The number of urea groups is 1. The Kier molecular flexibility index (Phi) is 11.2. The van der Waals surface area contributed by atoms with E-state index in [4.69, 9.17) is 0 Å². The van der Waals surface area contributed by atoms with Gasteiger partial charge in [0.25, 0.3) is 5.56 Å². The van der Waals surface area contributed by atoms with Gasteiger partial charge < -0.3 is 29.9 Å². The Hall–Kier alpha value is -4.43. The van der Waals surface area contributed by atoms with Crippen molar-refractivity contribution in [1.29, 1.82) is 0 Å². The predicted molar refractivity (Wildman–Crippen MR) is 133 cm³/mol. The number of benzene rings is 1. The molecular formula is C25H28F4N4O7. The summed E-state index contributed by atoms with van der Waals surface area (Å²) < 4.78 is 60.1. The Balaban J connectivity index is 2.26. The van der Waals surface area contributed by atoms with Crippen LogP contribution < -0.4 is 20.9 Å². The van der Waals surface area contributed by atoms with E-state index in [2.05, 4.69) is 15.4 Å². The number of nitrogens with zero attached hydrogens (tertiary/aromatic N) is 2. The van der Waals surface area contributed by atoms with Crippen LogP contribution in [-0.4, -0.2) is 64.0 Å². The van der Waals surface area contributed by atoms with Gasteiger partial charge in [-0.3, -0.25) is 19.2 Å². The Morgan fingerprint density at radius 1 is 1.05 bits per heavy atom. The first-order valence-corrected chi connectivity index (χ1v) is 12.1. The number of amides is 3. The highest BCUT2D eigenvalue weighted by Gasteiger charge is 2.30. The van der Waals surface area contributed by atoms with E-state index in [0.717, 1.165) is 4.57 Å². The van der Waals surface area contributed by atoms with Gasteiger partial charge in [0, 0.05) is 25.4 Å². The van der Waals surface area contributed by atoms with Crippen molar-refractivity contribution >= 4 is 29.4 Å². The van der Waals surface area contributed by atoms with E-state index in [9.17, 15) is 46.6 Å². The maximum atomic E-state index is 13.8. The zero-order chi connectivity index (χ0) is 30.1. The number of Topliss-reactive ketones (excluding diaryl/α,β-unsaturated/α-hetero) is 1. The van der Waals surface area contributed by atoms with Crippen molar-refractivity contribution in [3.05, 3.63) is 58.0 Å². The number of anilines is 1. The van der Waals surface area contributed by atoms with Gasteiger partial charge in [0.1, 0.15) is 24.4 Å². The van der Waals surface area contributed by atoms with Crippen LogP contribution in [-0.2, 0) is 14.4 Å². The van der Waals surface area contributed by atoms with Gasteiger partial charge in [-0.05, 0) is 32.4 Å². The maximum absolute atomic E-state index is 13.8. The summed E-state index contributed by atoms with van der Waals surface area (Å²) >= 11 is 0. The normalized spacial score (nSPS) is 12.3. The minimum atomic E-state index is -1.91. The molecule has 218 valence electrons. The van der Waals surface area contributed by atoms with E-state index < -0.39 is 83.4 Å². The molecule has 1 aromatic heterocycles. The van der Waals surface area contributed by atoms with Crippen molar-refractivity contribution in [3.8, 4) is 5.75 Å². The molecule has 1 aromatic carbocycles. The van der Waals surface area contributed by atoms with Crippen molar-refractivity contribution in [2.24, 2.45) is 0 Å². The quantitative estimate of drug-likeness (QED) is 0.247. The van der Waals surface area contributed by atoms with Crippen molar-refractivity contribution in [1.82, 2.24) is 14.8 Å². The van der Waals surface area contributed by atoms with Crippen LogP contribution in [0.1, 0.15) is 39.7 Å². The molecule has 0 saturated heterocycles. The number of nitrogens with one attached hydrogen (secondary N) is 2. The van der Waals surface area contributed by atoms with E-state index in [0.29, 0.717) is 13.1 Å². The average molecular weight is 573 g/mol. The number of hydrogen-bond donors (Lipinski definition) is 3. The lowest BCUT2D eigenvalue weighted by Crippen LogP contribution is -2.48. The van der Waals surface area contributed by atoms with Gasteiger partial charge in [-0.25, -0.2) is 13.6 Å². The SMILES string of the molecule is CC[C@@H](C(=O)NC(CC(=O)O)C(=O)COc1c(F)c(F)cc(F)c1F)n1cccc(NC(=O)N(CC)CC)c1=O. The van der Waals surface area contributed by atoms with Crippen molar-refractivity contribution in [3.63, 3.8) is 0 Å². The largest absolute Gasteiger partial charge is 0.481 e. The summed E-state index contributed by atoms with van der Waals surface area (Å²) in [6.07, 6.45) is 0.259. The Morgan fingerprint density at radius 2 is 1.65 bits per heavy atom. The van der Waals surface area contributed by atoms with Crippen LogP contribution in [0, 0.1) is 23.3 Å². The van der Waals surface area contributed by atoms with Gasteiger partial charge >= 0.3 is 12.0 Å². The number of aliphatic carboxylic acids is 1. The minimum Gasteiger partial charge on any atom is -0.481 e. The predicted octanol–water partition coefficient (Wildman–Crippen LogP) is 2.84. The summed E-state index contributed by atoms with van der Waals surface area (Å²) in [5.74, 6) is -12.6. The molecule has 0 fully saturated rings. The molecule has 2 atom stereocenters. The number of carboxylic acids is 1. The van der Waals surface area contributed by atoms with Gasteiger partial charge in [-0.1, -0.05) is 6.92 Å². The van der Waals surface area contributed by atoms with Gasteiger partial charge in [-0.2, -0.15) is 8.78 Å². The number of halogens is 4. The molecule has 3 amide bonds. The van der Waals surface area contributed by atoms with E-state index >= 15 is 0 Å². The smallest absolute Gasteiger partial charge is 0.321 e. The highest BCUT2D eigenvalue weighted by Crippen LogP contribution is 2.26. The number of carbonyl (C=O) groups is 4. The lowest BCUT2D eigenvalue weighted by atomic mass is 10.1. The summed E-state index contributed by atoms with van der Waals surface area (Å²) in [5.41, 5.74) is -0.892. The van der Waals surface area contributed by atoms with Gasteiger partial charge in [-0.15, -0.1) is 0 Å². The Bertz CT molecular complexity index is 1300. The minimum absolute atomic E-state index is 0.0113. The number of hydrogen-bond acceptors (Lipinski definition) is 6. The third-order valence-electron chi connectivity index (χ3n) is 5.81. The molecule has 0 radical (unpaired) electrons. The molecule has 2 rings (SSSR count). The molecule has 1 heterocycles. The Labute approximate surface area is 225 Å². The summed E-state index contributed by atoms with van der Waals surface area (Å²) in [5, 5.41) is 13.8. The van der Waals surface area contributed by atoms with Gasteiger partial charge in [0.2, 0.25) is 17.5 Å². The van der Waals surface area contributed by atoms with E-state index in [-0.39, 0.29) is 18.2 Å². The second-order valence-corrected chi connectivity index (χ2v) is 8.37. The zero-order valence-corrected chi connectivity index (χ0v) is 21.8. The number of ketones is 1. The lowest BCUT2D eigenvalue weighted by Gasteiger charge is -2.23. The number of ether oxygens (including phenoxy) is 1. The highest BCUT2D eigenvalue weighted by molar-refractivity contribution is 5.94. The number of pyridine rings is 1. The second-order valence-electron chi connectivity index (χ2n) is 8.37. The number of aromatic nitrogens is 1. The standard InChI is InChI=1S/C25H28F4N4O7/c1-4-17(33-9-7-8-15(24(33)38)31-25(39)32(5-2)6-3)23(37)30-16(11-19(35)36)18(34)12-40-22-20(28)13(26)10-14(27)21(22)29/h7-10,16-17H,4-6,11-12H2,1-3H3,(H,30,37)(H,31,39)(H,35,36)/t16?,17-/m0/s1. The lowest BCUT2D eigenvalue weighted by molar-refractivity contribution is -0.140. The van der Waals surface area contributed by atoms with Crippen LogP contribution in [0.3, 0.4) is 0 Å². The molecule has 0 saturated carbocycles. The van der Waals surface area contributed by atoms with E-state index in [1.807, 2.05) is 0 Å². The number of carboxylic acid groups (broad SMARTS) is 1. The molecule has 11 nitrogen and oxygen atoms in total. The van der Waals surface area contributed by atoms with Crippen LogP contribution in [0.15, 0.2) is 29.2 Å². The van der Waals surface area contributed by atoms with Crippen LogP contribution in [0.25, 0.3) is 0 Å². The van der Waals surface area contributed by atoms with E-state index in [1.165, 1.54) is 30.2 Å². The van der Waals surface area contributed by atoms with Crippen molar-refractivity contribution in [2.45, 2.75) is 45.7 Å². The maximum Gasteiger partial charge on any atom is 0.321 e. The molecule has 3 N–H and O–H groups in total. The Morgan fingerprint density at radius 3 is 2.17 bits per heavy atom. The first kappa shape index (κ1) is 31.8. The molecule has 40 heavy (non-hydrogen) atoms. The molecule has 0 spiro atoms. The fraction of sp³-hybridized carbons (Fsp3) is 0.400. The van der Waals surface area contributed by atoms with Crippen LogP contribution in [0.4, 0.5) is 28.0 Å². The summed E-state index contributed by atoms with van der Waals surface area (Å²) in [4.78, 5) is 63.8. The third-order valence-corrected chi connectivity index (χ3v) is 5.81. The fourth-order valence-electron chi connectivity index (χ4n) is 3.67. The summed E-state index contributed by atoms with van der Waals surface area (Å²) in [7, 11) is 0. The molecule has 15 heteroatoms. The van der Waals surface area contributed by atoms with Gasteiger partial charge in [0.15, 0.2) is 23.2 Å². The zero-order valence-electron chi connectivity index (χ0n) is 21.8. The molecule has 1 unspecified atom stereocenters. The van der Waals surface area contributed by atoms with E-state index in [1.54, 1.807) is 13.8 Å². The van der Waals surface area contributed by atoms with Crippen LogP contribution >= 0.6 is 0 Å². The summed E-state index contributed by atoms with van der Waals surface area (Å²) in [6.45, 7) is 4.51. The van der Waals surface area contributed by atoms with Crippen LogP contribution in [0.2, 0.25) is 0 Å². The monoisotopic (exact) mass is 572 g/mol. The molecule has 0 bridgehead atoms. The topological polar surface area (TPSA) is 147 Å². The summed E-state index contributed by atoms with van der Waals surface area (Å²) in [6, 6.07) is -0.962. The van der Waals surface area contributed by atoms with Crippen molar-refractivity contribution < 1.29 is 46.6 Å². The molecule has 0 aliphatic rings. The second kappa shape index (κ2) is 14.1. The first-order valence-electron chi connectivity index (χ1n) is 12.1. The number of rotatable bonds is 13. The molecule has 2 aromatic rings. The molecular weight excluding hydrogens is 544 g/mol. The third kappa shape index (κ3) is 7.57. The van der Waals surface area contributed by atoms with Gasteiger partial charge in [0.05, 0.1) is 6.42 Å².